The summed E-state index contributed by atoms with van der Waals surface area (Å²) in [4.78, 5) is 41.8. The maximum atomic E-state index is 13.8. The second kappa shape index (κ2) is 10.5. The first-order chi connectivity index (χ1) is 15.7. The minimum atomic E-state index is -1.27. The van der Waals surface area contributed by atoms with E-state index in [0.29, 0.717) is 6.42 Å². The van der Waals surface area contributed by atoms with Crippen LogP contribution in [0.4, 0.5) is 4.79 Å². The molecule has 0 aliphatic carbocycles. The van der Waals surface area contributed by atoms with Gasteiger partial charge >= 0.3 is 12.1 Å². The monoisotopic (exact) mass is 452 g/mol. The SMILES string of the molecule is CC(C)CC(C(=O)O)N1CCN(C(=O)OCc2ccccc2)C(C)(Cc2ccccc2)C1=O. The zero-order valence-electron chi connectivity index (χ0n) is 19.4. The highest BCUT2D eigenvalue weighted by Gasteiger charge is 2.51. The smallest absolute Gasteiger partial charge is 0.411 e. The maximum absolute atomic E-state index is 13.8. The molecular formula is C26H32N2O5. The minimum absolute atomic E-state index is 0.0978. The number of piperazine rings is 1. The molecule has 2 amide bonds. The van der Waals surface area contributed by atoms with E-state index in [1.807, 2.05) is 74.5 Å². The zero-order chi connectivity index (χ0) is 24.0. The first kappa shape index (κ1) is 24.3. The Bertz CT molecular complexity index is 963. The average Bonchev–Trinajstić information content (AvgIpc) is 2.79. The van der Waals surface area contributed by atoms with Crippen molar-refractivity contribution in [3.05, 3.63) is 71.8 Å². The van der Waals surface area contributed by atoms with Crippen molar-refractivity contribution >= 4 is 18.0 Å². The first-order valence-electron chi connectivity index (χ1n) is 11.3. The third kappa shape index (κ3) is 5.72. The minimum Gasteiger partial charge on any atom is -0.480 e. The van der Waals surface area contributed by atoms with Crippen molar-refractivity contribution in [3.8, 4) is 0 Å². The molecule has 1 aliphatic heterocycles. The molecule has 0 bridgehead atoms. The molecule has 2 atom stereocenters. The molecule has 176 valence electrons. The summed E-state index contributed by atoms with van der Waals surface area (Å²) in [6.45, 7) is 6.01. The fraction of sp³-hybridized carbons (Fsp3) is 0.423. The number of carboxylic acid groups (broad SMARTS) is 1. The van der Waals surface area contributed by atoms with Gasteiger partial charge < -0.3 is 14.7 Å². The standard InChI is InChI=1S/C26H32N2O5/c1-19(2)16-22(23(29)30)27-14-15-28(25(32)33-18-21-12-8-5-9-13-21)26(3,24(27)31)17-20-10-6-4-7-11-20/h4-13,19,22H,14-18H2,1-3H3,(H,29,30). The Morgan fingerprint density at radius 3 is 2.12 bits per heavy atom. The molecule has 7 nitrogen and oxygen atoms in total. The number of rotatable bonds is 8. The van der Waals surface area contributed by atoms with Crippen LogP contribution in [0.1, 0.15) is 38.3 Å². The molecule has 0 radical (unpaired) electrons. The second-order valence-electron chi connectivity index (χ2n) is 9.11. The predicted molar refractivity (Wildman–Crippen MR) is 124 cm³/mol. The number of amides is 2. The third-order valence-electron chi connectivity index (χ3n) is 6.05. The third-order valence-corrected chi connectivity index (χ3v) is 6.05. The van der Waals surface area contributed by atoms with Gasteiger partial charge in [-0.25, -0.2) is 9.59 Å². The summed E-state index contributed by atoms with van der Waals surface area (Å²) in [6, 6.07) is 17.8. The molecule has 0 aromatic heterocycles. The van der Waals surface area contributed by atoms with Crippen LogP contribution in [0, 0.1) is 5.92 Å². The fourth-order valence-electron chi connectivity index (χ4n) is 4.34. The summed E-state index contributed by atoms with van der Waals surface area (Å²) in [5.74, 6) is -1.30. The zero-order valence-corrected chi connectivity index (χ0v) is 19.4. The fourth-order valence-corrected chi connectivity index (χ4v) is 4.34. The van der Waals surface area contributed by atoms with Crippen LogP contribution in [0.25, 0.3) is 0 Å². The summed E-state index contributed by atoms with van der Waals surface area (Å²) in [5.41, 5.74) is 0.466. The molecule has 7 heteroatoms. The molecule has 0 saturated carbocycles. The Hall–Kier alpha value is -3.35. The second-order valence-corrected chi connectivity index (χ2v) is 9.11. The number of benzene rings is 2. The van der Waals surface area contributed by atoms with Crippen LogP contribution in [0.15, 0.2) is 60.7 Å². The van der Waals surface area contributed by atoms with E-state index in [-0.39, 0.29) is 37.9 Å². The Morgan fingerprint density at radius 2 is 1.58 bits per heavy atom. The summed E-state index contributed by atoms with van der Waals surface area (Å²) >= 11 is 0. The van der Waals surface area contributed by atoms with Crippen molar-refractivity contribution in [2.24, 2.45) is 5.92 Å². The van der Waals surface area contributed by atoms with Crippen LogP contribution in [0.5, 0.6) is 0 Å². The lowest BCUT2D eigenvalue weighted by Crippen LogP contribution is -2.69. The first-order valence-corrected chi connectivity index (χ1v) is 11.3. The molecule has 1 heterocycles. The van der Waals surface area contributed by atoms with Crippen molar-refractivity contribution in [1.82, 2.24) is 9.80 Å². The van der Waals surface area contributed by atoms with Crippen LogP contribution in [-0.2, 0) is 27.4 Å². The van der Waals surface area contributed by atoms with Crippen molar-refractivity contribution in [2.75, 3.05) is 13.1 Å². The normalized spacial score (nSPS) is 19.5. The van der Waals surface area contributed by atoms with Gasteiger partial charge in [0.2, 0.25) is 5.91 Å². The van der Waals surface area contributed by atoms with Gasteiger partial charge in [0.15, 0.2) is 0 Å². The number of aliphatic carboxylic acids is 1. The largest absolute Gasteiger partial charge is 0.480 e. The average molecular weight is 453 g/mol. The summed E-state index contributed by atoms with van der Waals surface area (Å²) < 4.78 is 5.56. The van der Waals surface area contributed by atoms with Gasteiger partial charge in [0.05, 0.1) is 0 Å². The van der Waals surface area contributed by atoms with Gasteiger partial charge in [-0.3, -0.25) is 9.69 Å². The summed E-state index contributed by atoms with van der Waals surface area (Å²) in [5, 5.41) is 9.84. The van der Waals surface area contributed by atoms with Crippen molar-refractivity contribution in [1.29, 1.82) is 0 Å². The van der Waals surface area contributed by atoms with E-state index in [1.165, 1.54) is 9.80 Å². The predicted octanol–water partition coefficient (Wildman–Crippen LogP) is 3.97. The highest BCUT2D eigenvalue weighted by atomic mass is 16.6. The Labute approximate surface area is 195 Å². The Morgan fingerprint density at radius 1 is 1.00 bits per heavy atom. The number of hydrogen-bond acceptors (Lipinski definition) is 4. The topological polar surface area (TPSA) is 87.2 Å². The number of ether oxygens (including phenoxy) is 1. The lowest BCUT2D eigenvalue weighted by atomic mass is 9.86. The lowest BCUT2D eigenvalue weighted by molar-refractivity contribution is -0.161. The van der Waals surface area contributed by atoms with Gasteiger partial charge in [-0.05, 0) is 30.4 Å². The molecule has 2 aromatic rings. The Balaban J connectivity index is 1.88. The van der Waals surface area contributed by atoms with Crippen molar-refractivity contribution in [2.45, 2.75) is 51.8 Å². The molecular weight excluding hydrogens is 420 g/mol. The number of carbonyl (C=O) groups excluding carboxylic acids is 2. The van der Waals surface area contributed by atoms with Gasteiger partial charge in [0.1, 0.15) is 18.2 Å². The van der Waals surface area contributed by atoms with Crippen LogP contribution < -0.4 is 0 Å². The van der Waals surface area contributed by atoms with Crippen LogP contribution in [0.2, 0.25) is 0 Å². The number of hydrogen-bond donors (Lipinski definition) is 1. The highest BCUT2D eigenvalue weighted by Crippen LogP contribution is 2.30. The quantitative estimate of drug-likeness (QED) is 0.655. The van der Waals surface area contributed by atoms with E-state index in [1.54, 1.807) is 6.92 Å². The molecule has 1 fully saturated rings. The lowest BCUT2D eigenvalue weighted by Gasteiger charge is -2.48. The van der Waals surface area contributed by atoms with Crippen LogP contribution >= 0.6 is 0 Å². The number of nitrogens with zero attached hydrogens (tertiary/aromatic N) is 2. The molecule has 1 N–H and O–H groups in total. The van der Waals surface area contributed by atoms with E-state index < -0.39 is 23.6 Å². The van der Waals surface area contributed by atoms with E-state index in [4.69, 9.17) is 4.74 Å². The molecule has 3 rings (SSSR count). The van der Waals surface area contributed by atoms with E-state index in [2.05, 4.69) is 0 Å². The van der Waals surface area contributed by atoms with E-state index in [9.17, 15) is 19.5 Å². The number of carbonyl (C=O) groups is 3. The molecule has 0 spiro atoms. The molecule has 2 unspecified atom stereocenters. The van der Waals surface area contributed by atoms with E-state index in [0.717, 1.165) is 11.1 Å². The van der Waals surface area contributed by atoms with Gasteiger partial charge in [-0.15, -0.1) is 0 Å². The maximum Gasteiger partial charge on any atom is 0.411 e. The summed E-state index contributed by atoms with van der Waals surface area (Å²) in [6.07, 6.45) is 0.0273. The van der Waals surface area contributed by atoms with Crippen molar-refractivity contribution in [3.63, 3.8) is 0 Å². The van der Waals surface area contributed by atoms with Gasteiger partial charge in [0, 0.05) is 19.5 Å². The molecule has 1 saturated heterocycles. The van der Waals surface area contributed by atoms with E-state index >= 15 is 0 Å². The number of carboxylic acids is 1. The summed E-state index contributed by atoms with van der Waals surface area (Å²) in [7, 11) is 0. The Kier molecular flexibility index (Phi) is 7.74. The van der Waals surface area contributed by atoms with Crippen molar-refractivity contribution < 1.29 is 24.2 Å². The van der Waals surface area contributed by atoms with Gasteiger partial charge in [0.25, 0.3) is 0 Å². The van der Waals surface area contributed by atoms with Crippen LogP contribution in [0.3, 0.4) is 0 Å². The molecule has 1 aliphatic rings. The molecule has 2 aromatic carbocycles. The van der Waals surface area contributed by atoms with Gasteiger partial charge in [-0.2, -0.15) is 0 Å². The van der Waals surface area contributed by atoms with Gasteiger partial charge in [-0.1, -0.05) is 74.5 Å². The highest BCUT2D eigenvalue weighted by molar-refractivity contribution is 5.93. The van der Waals surface area contributed by atoms with Crippen LogP contribution in [-0.4, -0.2) is 57.5 Å². The molecule has 33 heavy (non-hydrogen) atoms.